The number of amides is 2. The second-order valence-corrected chi connectivity index (χ2v) is 9.81. The molecule has 33 heavy (non-hydrogen) atoms. The number of thiazole rings is 1. The van der Waals surface area contributed by atoms with Crippen LogP contribution >= 0.6 is 11.3 Å². The van der Waals surface area contributed by atoms with Gasteiger partial charge < -0.3 is 9.80 Å². The van der Waals surface area contributed by atoms with Gasteiger partial charge in [0.05, 0.1) is 11.6 Å². The van der Waals surface area contributed by atoms with E-state index in [0.29, 0.717) is 24.5 Å². The van der Waals surface area contributed by atoms with Crippen molar-refractivity contribution in [1.82, 2.24) is 19.8 Å². The van der Waals surface area contributed by atoms with E-state index < -0.39 is 0 Å². The summed E-state index contributed by atoms with van der Waals surface area (Å²) in [4.78, 5) is 40.0. The molecule has 0 radical (unpaired) electrons. The van der Waals surface area contributed by atoms with Crippen molar-refractivity contribution in [2.75, 3.05) is 13.1 Å². The van der Waals surface area contributed by atoms with Gasteiger partial charge in [0.1, 0.15) is 9.88 Å². The van der Waals surface area contributed by atoms with Crippen molar-refractivity contribution < 1.29 is 9.59 Å². The zero-order valence-corrected chi connectivity index (χ0v) is 20.2. The van der Waals surface area contributed by atoms with Crippen molar-refractivity contribution in [2.45, 2.75) is 46.2 Å². The van der Waals surface area contributed by atoms with Gasteiger partial charge in [-0.1, -0.05) is 30.3 Å². The zero-order valence-electron chi connectivity index (χ0n) is 19.4. The van der Waals surface area contributed by atoms with Gasteiger partial charge in [-0.2, -0.15) is 0 Å². The van der Waals surface area contributed by atoms with E-state index in [2.05, 4.69) is 9.97 Å². The molecule has 6 nitrogen and oxygen atoms in total. The Labute approximate surface area is 199 Å². The van der Waals surface area contributed by atoms with E-state index in [1.165, 1.54) is 11.3 Å². The summed E-state index contributed by atoms with van der Waals surface area (Å²) in [5.41, 5.74) is 2.75. The third-order valence-corrected chi connectivity index (χ3v) is 7.25. The Morgan fingerprint density at radius 3 is 2.67 bits per heavy atom. The monoisotopic (exact) mass is 462 g/mol. The summed E-state index contributed by atoms with van der Waals surface area (Å²) in [6.45, 7) is 7.68. The van der Waals surface area contributed by atoms with Crippen molar-refractivity contribution in [3.8, 4) is 10.6 Å². The molecule has 0 saturated carbocycles. The number of likely N-dealkylation sites (tertiary alicyclic amines) is 1. The fourth-order valence-corrected chi connectivity index (χ4v) is 5.27. The highest BCUT2D eigenvalue weighted by Crippen LogP contribution is 2.30. The maximum Gasteiger partial charge on any atom is 0.265 e. The van der Waals surface area contributed by atoms with Crippen LogP contribution in [0, 0.1) is 12.8 Å². The molecule has 2 aromatic heterocycles. The Kier molecular flexibility index (Phi) is 7.18. The fourth-order valence-electron chi connectivity index (χ4n) is 4.24. The normalized spacial score (nSPS) is 16.1. The molecule has 4 rings (SSSR count). The number of carbonyl (C=O) groups is 2. The van der Waals surface area contributed by atoms with Gasteiger partial charge in [-0.15, -0.1) is 11.3 Å². The van der Waals surface area contributed by atoms with E-state index >= 15 is 0 Å². The summed E-state index contributed by atoms with van der Waals surface area (Å²) in [5.74, 6) is -0.0833. The van der Waals surface area contributed by atoms with Crippen LogP contribution < -0.4 is 0 Å². The molecule has 0 aliphatic carbocycles. The Balaban J connectivity index is 1.48. The molecule has 3 aromatic rings. The first-order valence-electron chi connectivity index (χ1n) is 11.5. The first-order valence-corrected chi connectivity index (χ1v) is 12.3. The number of piperidine rings is 1. The lowest BCUT2D eigenvalue weighted by Gasteiger charge is -2.36. The van der Waals surface area contributed by atoms with Crippen LogP contribution in [-0.2, 0) is 11.3 Å². The van der Waals surface area contributed by atoms with E-state index in [0.717, 1.165) is 34.7 Å². The SMILES string of the molecule is Cc1nc(-c2cccnc2)sc1C(=O)N1CCCC(C(=O)N(Cc2ccccc2)C(C)C)C1. The fraction of sp³-hybridized carbons (Fsp3) is 0.385. The number of rotatable bonds is 6. The number of hydrogen-bond donors (Lipinski definition) is 0. The number of pyridine rings is 1. The van der Waals surface area contributed by atoms with E-state index in [-0.39, 0.29) is 23.8 Å². The van der Waals surface area contributed by atoms with Crippen molar-refractivity contribution in [2.24, 2.45) is 5.92 Å². The largest absolute Gasteiger partial charge is 0.337 e. The van der Waals surface area contributed by atoms with Crippen LogP contribution in [-0.4, -0.2) is 50.7 Å². The highest BCUT2D eigenvalue weighted by molar-refractivity contribution is 7.17. The van der Waals surface area contributed by atoms with Gasteiger partial charge in [-0.05, 0) is 51.3 Å². The van der Waals surface area contributed by atoms with Gasteiger partial charge in [-0.25, -0.2) is 4.98 Å². The van der Waals surface area contributed by atoms with Crippen LogP contribution in [0.2, 0.25) is 0 Å². The Morgan fingerprint density at radius 1 is 1.18 bits per heavy atom. The van der Waals surface area contributed by atoms with Crippen LogP contribution in [0.25, 0.3) is 10.6 Å². The summed E-state index contributed by atoms with van der Waals surface area (Å²) in [6.07, 6.45) is 5.12. The Hall–Kier alpha value is -3.06. The first-order chi connectivity index (χ1) is 15.9. The lowest BCUT2D eigenvalue weighted by atomic mass is 9.95. The number of aryl methyl sites for hydroxylation is 1. The van der Waals surface area contributed by atoms with Gasteiger partial charge in [0, 0.05) is 43.6 Å². The predicted molar refractivity (Wildman–Crippen MR) is 131 cm³/mol. The molecule has 2 amide bonds. The van der Waals surface area contributed by atoms with Gasteiger partial charge in [0.2, 0.25) is 5.91 Å². The summed E-state index contributed by atoms with van der Waals surface area (Å²) in [5, 5.41) is 0.794. The second-order valence-electron chi connectivity index (χ2n) is 8.81. The standard InChI is InChI=1S/C26H30N4O2S/c1-18(2)30(16-20-9-5-4-6-10-20)25(31)22-12-8-14-29(17-22)26(32)23-19(3)28-24(33-23)21-11-7-13-27-15-21/h4-7,9-11,13,15,18,22H,8,12,14,16-17H2,1-3H3. The molecule has 1 aliphatic rings. The molecule has 172 valence electrons. The maximum atomic E-state index is 13.5. The van der Waals surface area contributed by atoms with Gasteiger partial charge >= 0.3 is 0 Å². The molecule has 0 bridgehead atoms. The molecule has 3 heterocycles. The summed E-state index contributed by atoms with van der Waals surface area (Å²) in [6, 6.07) is 14.0. The minimum Gasteiger partial charge on any atom is -0.337 e. The Morgan fingerprint density at radius 2 is 1.97 bits per heavy atom. The van der Waals surface area contributed by atoms with E-state index in [4.69, 9.17) is 0 Å². The minimum absolute atomic E-state index is 0.0307. The maximum absolute atomic E-state index is 13.5. The molecule has 1 aromatic carbocycles. The van der Waals surface area contributed by atoms with Gasteiger partial charge in [-0.3, -0.25) is 14.6 Å². The summed E-state index contributed by atoms with van der Waals surface area (Å²) in [7, 11) is 0. The highest BCUT2D eigenvalue weighted by atomic mass is 32.1. The Bertz CT molecular complexity index is 1100. The molecule has 7 heteroatoms. The van der Waals surface area contributed by atoms with Crippen LogP contribution in [0.15, 0.2) is 54.9 Å². The number of aromatic nitrogens is 2. The van der Waals surface area contributed by atoms with Crippen molar-refractivity contribution >= 4 is 23.2 Å². The molecule has 1 fully saturated rings. The topological polar surface area (TPSA) is 66.4 Å². The molecule has 1 atom stereocenters. The van der Waals surface area contributed by atoms with Crippen molar-refractivity contribution in [1.29, 1.82) is 0 Å². The summed E-state index contributed by atoms with van der Waals surface area (Å²) < 4.78 is 0. The molecule has 1 unspecified atom stereocenters. The van der Waals surface area contributed by atoms with Gasteiger partial charge in [0.25, 0.3) is 5.91 Å². The lowest BCUT2D eigenvalue weighted by molar-refractivity contribution is -0.139. The third kappa shape index (κ3) is 5.30. The van der Waals surface area contributed by atoms with Crippen molar-refractivity contribution in [3.63, 3.8) is 0 Å². The predicted octanol–water partition coefficient (Wildman–Crippen LogP) is 4.80. The van der Waals surface area contributed by atoms with Gasteiger partial charge in [0.15, 0.2) is 0 Å². The van der Waals surface area contributed by atoms with E-state index in [9.17, 15) is 9.59 Å². The minimum atomic E-state index is -0.181. The summed E-state index contributed by atoms with van der Waals surface area (Å²) >= 11 is 1.40. The van der Waals surface area contributed by atoms with E-state index in [1.807, 2.05) is 73.0 Å². The molecule has 1 aliphatic heterocycles. The molecule has 0 N–H and O–H groups in total. The van der Waals surface area contributed by atoms with Crippen LogP contribution in [0.1, 0.15) is 47.6 Å². The van der Waals surface area contributed by atoms with Crippen LogP contribution in [0.3, 0.4) is 0 Å². The number of benzene rings is 1. The molecular weight excluding hydrogens is 432 g/mol. The number of carbonyl (C=O) groups excluding carboxylic acids is 2. The van der Waals surface area contributed by atoms with Crippen LogP contribution in [0.5, 0.6) is 0 Å². The quantitative estimate of drug-likeness (QED) is 0.528. The smallest absolute Gasteiger partial charge is 0.265 e. The van der Waals surface area contributed by atoms with Crippen LogP contribution in [0.4, 0.5) is 0 Å². The average Bonchev–Trinajstić information content (AvgIpc) is 3.24. The highest BCUT2D eigenvalue weighted by Gasteiger charge is 2.33. The lowest BCUT2D eigenvalue weighted by Crippen LogP contribution is -2.48. The zero-order chi connectivity index (χ0) is 23.4. The molecule has 1 saturated heterocycles. The van der Waals surface area contributed by atoms with E-state index in [1.54, 1.807) is 12.4 Å². The number of hydrogen-bond acceptors (Lipinski definition) is 5. The number of nitrogens with zero attached hydrogens (tertiary/aromatic N) is 4. The molecular formula is C26H30N4O2S. The molecule has 0 spiro atoms. The average molecular weight is 463 g/mol. The van der Waals surface area contributed by atoms with Crippen molar-refractivity contribution in [3.05, 3.63) is 71.0 Å². The first kappa shape index (κ1) is 23.1. The second kappa shape index (κ2) is 10.3. The third-order valence-electron chi connectivity index (χ3n) is 6.06.